The molecule has 0 radical (unpaired) electrons. The summed E-state index contributed by atoms with van der Waals surface area (Å²) in [6.45, 7) is -0.862. The van der Waals surface area contributed by atoms with Crippen molar-refractivity contribution in [2.75, 3.05) is 17.2 Å². The van der Waals surface area contributed by atoms with Crippen LogP contribution in [-0.4, -0.2) is 28.1 Å². The van der Waals surface area contributed by atoms with E-state index in [1.807, 2.05) is 0 Å². The number of ether oxygens (including phenoxy) is 1. The van der Waals surface area contributed by atoms with Crippen molar-refractivity contribution in [2.24, 2.45) is 13.0 Å². The molecule has 0 bridgehead atoms. The van der Waals surface area contributed by atoms with Gasteiger partial charge in [0, 0.05) is 24.2 Å². The van der Waals surface area contributed by atoms with Gasteiger partial charge in [0.05, 0.1) is 34.2 Å². The molecule has 2 N–H and O–H groups in total. The second-order valence-corrected chi connectivity index (χ2v) is 8.33. The quantitative estimate of drug-likeness (QED) is 0.567. The number of nitrogens with zero attached hydrogens (tertiary/aromatic N) is 2. The van der Waals surface area contributed by atoms with Crippen molar-refractivity contribution in [1.29, 1.82) is 0 Å². The maximum atomic E-state index is 14.7. The minimum absolute atomic E-state index is 0.136. The molecule has 3 aromatic rings. The zero-order valence-corrected chi connectivity index (χ0v) is 17.1. The molecule has 5 rings (SSSR count). The van der Waals surface area contributed by atoms with Crippen LogP contribution in [0.15, 0.2) is 35.3 Å². The van der Waals surface area contributed by atoms with E-state index in [4.69, 9.17) is 16.3 Å². The van der Waals surface area contributed by atoms with E-state index < -0.39 is 30.1 Å². The third-order valence-corrected chi connectivity index (χ3v) is 6.01. The highest BCUT2D eigenvalue weighted by Gasteiger charge is 2.51. The van der Waals surface area contributed by atoms with E-state index in [1.165, 1.54) is 10.8 Å². The normalized spacial score (nSPS) is 19.8. The Bertz CT molecular complexity index is 1260. The van der Waals surface area contributed by atoms with Crippen molar-refractivity contribution >= 4 is 39.6 Å². The lowest BCUT2D eigenvalue weighted by molar-refractivity contribution is -0.0579. The third-order valence-electron chi connectivity index (χ3n) is 5.71. The number of anilines is 3. The van der Waals surface area contributed by atoms with Crippen molar-refractivity contribution < 1.29 is 17.9 Å². The van der Waals surface area contributed by atoms with Crippen LogP contribution in [0.2, 0.25) is 5.02 Å². The maximum absolute atomic E-state index is 14.7. The number of aromatic nitrogens is 2. The van der Waals surface area contributed by atoms with Crippen molar-refractivity contribution in [3.8, 4) is 5.75 Å². The summed E-state index contributed by atoms with van der Waals surface area (Å²) in [6.07, 6.45) is 2.59. The maximum Gasteiger partial charge on any atom is 0.301 e. The summed E-state index contributed by atoms with van der Waals surface area (Å²) in [5.41, 5.74) is 1.11. The second-order valence-electron chi connectivity index (χ2n) is 7.92. The largest absolute Gasteiger partial charge is 0.480 e. The number of pyridine rings is 2. The molecule has 1 saturated carbocycles. The Morgan fingerprint density at radius 1 is 1.32 bits per heavy atom. The summed E-state index contributed by atoms with van der Waals surface area (Å²) < 4.78 is 49.6. The molecule has 2 aliphatic rings. The van der Waals surface area contributed by atoms with Crippen molar-refractivity contribution in [3.05, 3.63) is 51.8 Å². The monoisotopic (exact) mass is 450 g/mol. The van der Waals surface area contributed by atoms with Crippen LogP contribution in [0.1, 0.15) is 12.8 Å². The van der Waals surface area contributed by atoms with Crippen LogP contribution in [0, 0.1) is 11.9 Å². The number of fused-ring (bicyclic) bond motifs is 3. The smallest absolute Gasteiger partial charge is 0.301 e. The lowest BCUT2D eigenvalue weighted by Crippen LogP contribution is -2.44. The lowest BCUT2D eigenvalue weighted by Gasteiger charge is -2.25. The molecule has 3 heterocycles. The fraction of sp³-hybridized carbons (Fsp3) is 0.333. The SMILES string of the molecule is Cn1c(=O)c2c(c3cc(Nc4cc(F)ncc4Cl)ccc31)N[C@@H](C1CC1)C(F)(F)CO2. The van der Waals surface area contributed by atoms with Gasteiger partial charge < -0.3 is 19.9 Å². The molecule has 2 aromatic heterocycles. The molecular formula is C21H18ClF3N4O2. The summed E-state index contributed by atoms with van der Waals surface area (Å²) in [5, 5.41) is 6.67. The van der Waals surface area contributed by atoms with Crippen molar-refractivity contribution in [1.82, 2.24) is 9.55 Å². The number of aryl methyl sites for hydroxylation is 1. The number of nitrogens with one attached hydrogen (secondary N) is 2. The zero-order chi connectivity index (χ0) is 21.9. The van der Waals surface area contributed by atoms with Crippen LogP contribution in [0.3, 0.4) is 0 Å². The minimum atomic E-state index is -3.12. The second kappa shape index (κ2) is 7.05. The highest BCUT2D eigenvalue weighted by atomic mass is 35.5. The molecule has 0 saturated heterocycles. The first-order chi connectivity index (χ1) is 14.7. The zero-order valence-electron chi connectivity index (χ0n) is 16.4. The summed E-state index contributed by atoms with van der Waals surface area (Å²) in [6, 6.07) is 5.09. The first-order valence-corrected chi connectivity index (χ1v) is 10.1. The molecule has 1 aromatic carbocycles. The number of hydrogen-bond donors (Lipinski definition) is 2. The van der Waals surface area contributed by atoms with Crippen LogP contribution < -0.4 is 20.9 Å². The Kier molecular flexibility index (Phi) is 4.55. The number of halogens is 4. The Balaban J connectivity index is 1.65. The highest BCUT2D eigenvalue weighted by molar-refractivity contribution is 6.33. The molecule has 1 aliphatic heterocycles. The average molecular weight is 451 g/mol. The van der Waals surface area contributed by atoms with Crippen molar-refractivity contribution in [2.45, 2.75) is 24.8 Å². The Morgan fingerprint density at radius 3 is 2.84 bits per heavy atom. The molecule has 10 heteroatoms. The van der Waals surface area contributed by atoms with E-state index in [2.05, 4.69) is 15.6 Å². The van der Waals surface area contributed by atoms with E-state index in [0.717, 1.165) is 6.07 Å². The number of benzene rings is 1. The predicted octanol–water partition coefficient (Wildman–Crippen LogP) is 4.69. The molecule has 31 heavy (non-hydrogen) atoms. The minimum Gasteiger partial charge on any atom is -0.480 e. The standard InChI is InChI=1S/C21H18ClF3N4O2/c1-29-15-5-4-11(27-14-7-16(23)26-8-13(14)22)6-12(15)17-18(20(29)30)31-9-21(24,25)19(28-17)10-2-3-10/h4-8,10,19,28H,2-3,9H2,1H3,(H,26,27)/t19-/m0/s1. The van der Waals surface area contributed by atoms with Gasteiger partial charge in [0.15, 0.2) is 6.61 Å². The van der Waals surface area contributed by atoms with Gasteiger partial charge in [0.2, 0.25) is 11.7 Å². The summed E-state index contributed by atoms with van der Waals surface area (Å²) in [4.78, 5) is 16.3. The van der Waals surface area contributed by atoms with E-state index in [1.54, 1.807) is 25.2 Å². The Hall–Kier alpha value is -2.94. The predicted molar refractivity (Wildman–Crippen MR) is 112 cm³/mol. The van der Waals surface area contributed by atoms with Gasteiger partial charge in [0.25, 0.3) is 5.56 Å². The van der Waals surface area contributed by atoms with Gasteiger partial charge in [0.1, 0.15) is 0 Å². The fourth-order valence-corrected chi connectivity index (χ4v) is 4.10. The van der Waals surface area contributed by atoms with Crippen LogP contribution in [0.4, 0.5) is 30.2 Å². The average Bonchev–Trinajstić information content (AvgIpc) is 3.56. The number of rotatable bonds is 3. The van der Waals surface area contributed by atoms with E-state index in [-0.39, 0.29) is 22.4 Å². The lowest BCUT2D eigenvalue weighted by atomic mass is 10.0. The third kappa shape index (κ3) is 3.46. The molecule has 162 valence electrons. The number of alkyl halides is 2. The van der Waals surface area contributed by atoms with Gasteiger partial charge in [-0.05, 0) is 37.0 Å². The Morgan fingerprint density at radius 2 is 2.10 bits per heavy atom. The fourth-order valence-electron chi connectivity index (χ4n) is 3.95. The van der Waals surface area contributed by atoms with Gasteiger partial charge in [-0.3, -0.25) is 4.79 Å². The Labute approximate surface area is 180 Å². The molecular weight excluding hydrogens is 433 g/mol. The van der Waals surface area contributed by atoms with E-state index >= 15 is 0 Å². The van der Waals surface area contributed by atoms with Crippen LogP contribution in [0.5, 0.6) is 5.75 Å². The molecule has 0 amide bonds. The highest BCUT2D eigenvalue weighted by Crippen LogP contribution is 2.45. The number of hydrogen-bond acceptors (Lipinski definition) is 5. The molecule has 1 atom stereocenters. The van der Waals surface area contributed by atoms with Crippen molar-refractivity contribution in [3.63, 3.8) is 0 Å². The first-order valence-electron chi connectivity index (χ1n) is 9.76. The molecule has 0 spiro atoms. The summed E-state index contributed by atoms with van der Waals surface area (Å²) >= 11 is 6.09. The first kappa shape index (κ1) is 20.0. The topological polar surface area (TPSA) is 68.2 Å². The molecule has 0 unspecified atom stereocenters. The summed E-state index contributed by atoms with van der Waals surface area (Å²) in [7, 11) is 1.55. The van der Waals surface area contributed by atoms with Gasteiger partial charge in [-0.15, -0.1) is 0 Å². The molecule has 6 nitrogen and oxygen atoms in total. The van der Waals surface area contributed by atoms with E-state index in [9.17, 15) is 18.0 Å². The molecule has 1 aliphatic carbocycles. The van der Waals surface area contributed by atoms with Gasteiger partial charge in [-0.25, -0.2) is 13.8 Å². The van der Waals surface area contributed by atoms with Gasteiger partial charge >= 0.3 is 5.92 Å². The van der Waals surface area contributed by atoms with Crippen LogP contribution >= 0.6 is 11.6 Å². The summed E-state index contributed by atoms with van der Waals surface area (Å²) in [5.74, 6) is -4.13. The van der Waals surface area contributed by atoms with E-state index in [0.29, 0.717) is 35.1 Å². The van der Waals surface area contributed by atoms with Gasteiger partial charge in [-0.2, -0.15) is 4.39 Å². The van der Waals surface area contributed by atoms with Crippen LogP contribution in [-0.2, 0) is 7.05 Å². The van der Waals surface area contributed by atoms with Gasteiger partial charge in [-0.1, -0.05) is 11.6 Å². The molecule has 1 fully saturated rings. The van der Waals surface area contributed by atoms with Crippen LogP contribution in [0.25, 0.3) is 10.9 Å².